The van der Waals surface area contributed by atoms with Gasteiger partial charge in [-0.25, -0.2) is 19.4 Å². The van der Waals surface area contributed by atoms with E-state index in [1.165, 1.54) is 25.5 Å². The summed E-state index contributed by atoms with van der Waals surface area (Å²) < 4.78 is 34.9. The highest BCUT2D eigenvalue weighted by atomic mass is 19.1. The highest BCUT2D eigenvalue weighted by Crippen LogP contribution is 2.34. The van der Waals surface area contributed by atoms with Gasteiger partial charge in [-0.3, -0.25) is 4.79 Å². The topological polar surface area (TPSA) is 140 Å². The maximum Gasteiger partial charge on any atom is 0.338 e. The van der Waals surface area contributed by atoms with Crippen molar-refractivity contribution < 1.29 is 37.4 Å². The van der Waals surface area contributed by atoms with E-state index >= 15 is 0 Å². The fourth-order valence-electron chi connectivity index (χ4n) is 3.94. The number of hydrogen-bond acceptors (Lipinski definition) is 8. The van der Waals surface area contributed by atoms with Crippen LogP contribution in [0.25, 0.3) is 11.3 Å². The Morgan fingerprint density at radius 1 is 1.12 bits per heavy atom. The van der Waals surface area contributed by atoms with Gasteiger partial charge in [-0.2, -0.15) is 5.10 Å². The van der Waals surface area contributed by atoms with Crippen LogP contribution in [0.4, 0.5) is 9.18 Å². The third-order valence-electron chi connectivity index (χ3n) is 5.78. The number of ether oxygens (including phenoxy) is 3. The molecular weight excluding hydrogens is 523 g/mol. The van der Waals surface area contributed by atoms with Crippen molar-refractivity contribution in [1.82, 2.24) is 16.1 Å². The molecule has 0 radical (unpaired) electrons. The first-order chi connectivity index (χ1) is 19.3. The molecule has 40 heavy (non-hydrogen) atoms. The molecule has 1 aromatic heterocycles. The summed E-state index contributed by atoms with van der Waals surface area (Å²) in [5, 5.41) is 9.15. The number of carbonyl (C=O) groups is 3. The Labute approximate surface area is 229 Å². The number of nitrogens with one attached hydrogen (secondary N) is 3. The van der Waals surface area contributed by atoms with E-state index in [-0.39, 0.29) is 36.1 Å². The first-order valence-electron chi connectivity index (χ1n) is 12.2. The first kappa shape index (κ1) is 27.9. The maximum atomic E-state index is 13.1. The monoisotopic (exact) mass is 550 g/mol. The summed E-state index contributed by atoms with van der Waals surface area (Å²) in [4.78, 5) is 36.9. The number of carbonyl (C=O) groups excluding carboxylic acids is 3. The van der Waals surface area contributed by atoms with Crippen molar-refractivity contribution in [2.24, 2.45) is 5.10 Å². The summed E-state index contributed by atoms with van der Waals surface area (Å²) in [5.41, 5.74) is 4.23. The van der Waals surface area contributed by atoms with Crippen molar-refractivity contribution in [2.75, 3.05) is 20.3 Å². The smallest absolute Gasteiger partial charge is 0.338 e. The Bertz CT molecular complexity index is 1460. The fourth-order valence-corrected chi connectivity index (χ4v) is 3.94. The van der Waals surface area contributed by atoms with Gasteiger partial charge in [0.2, 0.25) is 0 Å². The molecule has 2 heterocycles. The average Bonchev–Trinajstić information content (AvgIpc) is 3.40. The lowest BCUT2D eigenvalue weighted by atomic mass is 9.95. The Hall–Kier alpha value is -5.13. The molecule has 208 valence electrons. The lowest BCUT2D eigenvalue weighted by Gasteiger charge is -2.28. The summed E-state index contributed by atoms with van der Waals surface area (Å²) in [5.74, 6) is 0.00770. The van der Waals surface area contributed by atoms with Gasteiger partial charge in [-0.05, 0) is 67.9 Å². The van der Waals surface area contributed by atoms with Crippen LogP contribution in [0.15, 0.2) is 75.4 Å². The van der Waals surface area contributed by atoms with Crippen LogP contribution < -0.4 is 25.5 Å². The van der Waals surface area contributed by atoms with Crippen molar-refractivity contribution >= 4 is 24.1 Å². The van der Waals surface area contributed by atoms with Crippen molar-refractivity contribution in [3.05, 3.63) is 83.0 Å². The number of furan rings is 1. The molecule has 0 unspecified atom stereocenters. The highest BCUT2D eigenvalue weighted by Gasteiger charge is 2.32. The second kappa shape index (κ2) is 12.6. The molecule has 0 saturated carbocycles. The standard InChI is InChI=1S/C28H27FN4O7/c1-4-38-27(35)25-16(2)31-28(36)32-26(25)18-7-11-22(23(13-18)37-3)39-15-24(34)33-30-14-20-10-12-21(40-20)17-5-8-19(29)9-6-17/h5-14,26H,4,15H2,1-3H3,(H,33,34)(H2,31,32,36)/b30-14-/t26-/m1/s1. The Kier molecular flexibility index (Phi) is 8.79. The van der Waals surface area contributed by atoms with E-state index in [0.29, 0.717) is 28.3 Å². The molecule has 0 fully saturated rings. The van der Waals surface area contributed by atoms with E-state index in [2.05, 4.69) is 21.2 Å². The Morgan fingerprint density at radius 2 is 1.90 bits per heavy atom. The van der Waals surface area contributed by atoms with Crippen molar-refractivity contribution in [3.63, 3.8) is 0 Å². The minimum absolute atomic E-state index is 0.178. The third-order valence-corrected chi connectivity index (χ3v) is 5.78. The van der Waals surface area contributed by atoms with Crippen LogP contribution in [0.2, 0.25) is 0 Å². The largest absolute Gasteiger partial charge is 0.493 e. The quantitative estimate of drug-likeness (QED) is 0.198. The van der Waals surface area contributed by atoms with Gasteiger partial charge in [-0.15, -0.1) is 0 Å². The molecule has 2 aromatic carbocycles. The molecule has 4 rings (SSSR count). The summed E-state index contributed by atoms with van der Waals surface area (Å²) in [6, 6.07) is 12.8. The van der Waals surface area contributed by atoms with Gasteiger partial charge in [0.25, 0.3) is 5.91 Å². The van der Waals surface area contributed by atoms with Crippen LogP contribution in [0, 0.1) is 5.82 Å². The molecule has 3 aromatic rings. The minimum atomic E-state index is -0.779. The molecule has 0 aliphatic carbocycles. The first-order valence-corrected chi connectivity index (χ1v) is 12.2. The Balaban J connectivity index is 1.37. The van der Waals surface area contributed by atoms with Crippen LogP contribution >= 0.6 is 0 Å². The molecular formula is C28H27FN4O7. The molecule has 0 bridgehead atoms. The van der Waals surface area contributed by atoms with Gasteiger partial charge < -0.3 is 29.3 Å². The van der Waals surface area contributed by atoms with Crippen molar-refractivity contribution in [2.45, 2.75) is 19.9 Å². The molecule has 12 heteroatoms. The number of allylic oxidation sites excluding steroid dienone is 1. The van der Waals surface area contributed by atoms with E-state index < -0.39 is 23.9 Å². The summed E-state index contributed by atoms with van der Waals surface area (Å²) in [6.45, 7) is 3.11. The second-order valence-corrected chi connectivity index (χ2v) is 8.49. The van der Waals surface area contributed by atoms with Crippen molar-refractivity contribution in [3.8, 4) is 22.8 Å². The fraction of sp³-hybridized carbons (Fsp3) is 0.214. The molecule has 3 N–H and O–H groups in total. The second-order valence-electron chi connectivity index (χ2n) is 8.49. The molecule has 1 atom stereocenters. The molecule has 11 nitrogen and oxygen atoms in total. The summed E-state index contributed by atoms with van der Waals surface area (Å²) >= 11 is 0. The number of hydrogen-bond donors (Lipinski definition) is 3. The van der Waals surface area contributed by atoms with Crippen LogP contribution in [0.3, 0.4) is 0 Å². The van der Waals surface area contributed by atoms with Crippen molar-refractivity contribution in [1.29, 1.82) is 0 Å². The van der Waals surface area contributed by atoms with E-state index in [1.807, 2.05) is 0 Å². The average molecular weight is 551 g/mol. The number of nitrogens with zero attached hydrogens (tertiary/aromatic N) is 1. The molecule has 0 saturated heterocycles. The lowest BCUT2D eigenvalue weighted by Crippen LogP contribution is -2.45. The van der Waals surface area contributed by atoms with E-state index in [1.54, 1.807) is 56.3 Å². The Morgan fingerprint density at radius 3 is 2.62 bits per heavy atom. The van der Waals surface area contributed by atoms with Gasteiger partial charge >= 0.3 is 12.0 Å². The molecule has 0 spiro atoms. The van der Waals surface area contributed by atoms with Gasteiger partial charge in [0.05, 0.1) is 31.5 Å². The number of hydrazone groups is 1. The van der Waals surface area contributed by atoms with Gasteiger partial charge in [0, 0.05) is 11.3 Å². The zero-order valence-corrected chi connectivity index (χ0v) is 21.9. The number of benzene rings is 2. The predicted octanol–water partition coefficient (Wildman–Crippen LogP) is 3.81. The normalized spacial score (nSPS) is 14.9. The summed E-state index contributed by atoms with van der Waals surface area (Å²) in [6.07, 6.45) is 1.32. The predicted molar refractivity (Wildman–Crippen MR) is 142 cm³/mol. The number of methoxy groups -OCH3 is 1. The summed E-state index contributed by atoms with van der Waals surface area (Å²) in [7, 11) is 1.42. The van der Waals surface area contributed by atoms with Crippen LogP contribution in [0.5, 0.6) is 11.5 Å². The number of urea groups is 1. The van der Waals surface area contributed by atoms with Gasteiger partial charge in [-0.1, -0.05) is 6.07 Å². The van der Waals surface area contributed by atoms with E-state index in [0.717, 1.165) is 0 Å². The lowest BCUT2D eigenvalue weighted by molar-refractivity contribution is -0.139. The van der Waals surface area contributed by atoms with Gasteiger partial charge in [0.1, 0.15) is 17.3 Å². The number of halogens is 1. The third kappa shape index (κ3) is 6.65. The van der Waals surface area contributed by atoms with E-state index in [4.69, 9.17) is 18.6 Å². The number of amides is 3. The molecule has 1 aliphatic rings. The van der Waals surface area contributed by atoms with Crippen LogP contribution in [0.1, 0.15) is 31.2 Å². The minimum Gasteiger partial charge on any atom is -0.493 e. The van der Waals surface area contributed by atoms with E-state index in [9.17, 15) is 18.8 Å². The van der Waals surface area contributed by atoms with Gasteiger partial charge in [0.15, 0.2) is 18.1 Å². The molecule has 1 aliphatic heterocycles. The SMILES string of the molecule is CCOC(=O)C1=C(C)NC(=O)N[C@@H]1c1ccc(OCC(=O)N/N=C\c2ccc(-c3ccc(F)cc3)o2)c(OC)c1. The highest BCUT2D eigenvalue weighted by molar-refractivity contribution is 5.95. The maximum absolute atomic E-state index is 13.1. The number of rotatable bonds is 10. The zero-order chi connectivity index (χ0) is 28.6. The number of esters is 1. The zero-order valence-electron chi connectivity index (χ0n) is 21.9. The molecule has 3 amide bonds. The van der Waals surface area contributed by atoms with Crippen LogP contribution in [-0.4, -0.2) is 44.4 Å². The van der Waals surface area contributed by atoms with Crippen LogP contribution in [-0.2, 0) is 14.3 Å².